The minimum atomic E-state index is -0.131. The lowest BCUT2D eigenvalue weighted by molar-refractivity contribution is -0.115. The number of pyridine rings is 1. The van der Waals surface area contributed by atoms with Gasteiger partial charge < -0.3 is 5.32 Å². The van der Waals surface area contributed by atoms with Gasteiger partial charge in [0.1, 0.15) is 0 Å². The number of hydrogen-bond acceptors (Lipinski definition) is 4. The Hall–Kier alpha value is -4.32. The van der Waals surface area contributed by atoms with Crippen LogP contribution < -0.4 is 10.7 Å². The molecule has 0 aliphatic heterocycles. The second-order valence-electron chi connectivity index (χ2n) is 7.73. The van der Waals surface area contributed by atoms with E-state index in [0.717, 1.165) is 27.8 Å². The van der Waals surface area contributed by atoms with Crippen molar-refractivity contribution in [2.75, 3.05) is 5.32 Å². The van der Waals surface area contributed by atoms with Crippen LogP contribution in [0.2, 0.25) is 0 Å². The molecule has 0 saturated carbocycles. The maximum atomic E-state index is 13.4. The minimum Gasteiger partial charge on any atom is -0.326 e. The van der Waals surface area contributed by atoms with Gasteiger partial charge in [0.25, 0.3) is 0 Å². The van der Waals surface area contributed by atoms with Crippen LogP contribution in [0.4, 0.5) is 5.69 Å². The van der Waals surface area contributed by atoms with E-state index < -0.39 is 0 Å². The number of aryl methyl sites for hydroxylation is 1. The minimum absolute atomic E-state index is 0.108. The van der Waals surface area contributed by atoms with E-state index in [0.29, 0.717) is 16.3 Å². The number of benzene rings is 2. The number of carbonyl (C=O) groups is 1. The number of fused-ring (bicyclic) bond motifs is 2. The van der Waals surface area contributed by atoms with E-state index in [1.54, 1.807) is 23.1 Å². The number of hydrogen-bond donors (Lipinski definition) is 1. The number of rotatable bonds is 4. The highest BCUT2D eigenvalue weighted by molar-refractivity contribution is 5.95. The summed E-state index contributed by atoms with van der Waals surface area (Å²) in [4.78, 5) is 30.4. The van der Waals surface area contributed by atoms with Gasteiger partial charge in [-0.1, -0.05) is 36.4 Å². The summed E-state index contributed by atoms with van der Waals surface area (Å²) >= 11 is 0. The van der Waals surface area contributed by atoms with Crippen LogP contribution in [0.15, 0.2) is 90.1 Å². The number of anilines is 1. The average Bonchev–Trinajstić information content (AvgIpc) is 3.19. The van der Waals surface area contributed by atoms with Crippen molar-refractivity contribution in [1.29, 1.82) is 0 Å². The predicted octanol–water partition coefficient (Wildman–Crippen LogP) is 4.33. The first-order valence-electron chi connectivity index (χ1n) is 10.3. The fraction of sp³-hybridized carbons (Fsp3) is 0.0769. The summed E-state index contributed by atoms with van der Waals surface area (Å²) in [5, 5.41) is 8.99. The lowest BCUT2D eigenvalue weighted by Gasteiger charge is -2.05. The average molecular weight is 420 g/mol. The first-order valence-corrected chi connectivity index (χ1v) is 10.3. The van der Waals surface area contributed by atoms with Crippen LogP contribution in [0.25, 0.3) is 32.8 Å². The van der Waals surface area contributed by atoms with Crippen molar-refractivity contribution in [2.24, 2.45) is 7.05 Å². The molecule has 0 unspecified atom stereocenters. The lowest BCUT2D eigenvalue weighted by atomic mass is 10.1. The van der Waals surface area contributed by atoms with Crippen LogP contribution in [0, 0.1) is 0 Å². The van der Waals surface area contributed by atoms with E-state index in [4.69, 9.17) is 0 Å². The Labute approximate surface area is 184 Å². The molecule has 0 fully saturated rings. The summed E-state index contributed by atoms with van der Waals surface area (Å²) in [6, 6.07) is 20.5. The molecular weight excluding hydrogens is 400 g/mol. The Bertz CT molecular complexity index is 1520. The highest BCUT2D eigenvalue weighted by atomic mass is 16.1. The van der Waals surface area contributed by atoms with Crippen molar-refractivity contribution in [3.8, 4) is 11.1 Å². The summed E-state index contributed by atoms with van der Waals surface area (Å²) in [5.74, 6) is -0.131. The topological polar surface area (TPSA) is 76.9 Å². The van der Waals surface area contributed by atoms with Crippen molar-refractivity contribution in [1.82, 2.24) is 14.8 Å². The summed E-state index contributed by atoms with van der Waals surface area (Å²) in [5.41, 5.74) is 3.77. The molecule has 2 aromatic heterocycles. The van der Waals surface area contributed by atoms with E-state index in [1.807, 2.05) is 73.9 Å². The Morgan fingerprint density at radius 3 is 2.53 bits per heavy atom. The maximum Gasteiger partial charge on any atom is 0.228 e. The SMILES string of the molecule is Cn1cc(-c2cnc3ccc4ccc(CC(=O)Nc5ccccc5)cc4c(=O)c3c2)cn1. The summed E-state index contributed by atoms with van der Waals surface area (Å²) < 4.78 is 1.71. The monoisotopic (exact) mass is 420 g/mol. The molecule has 2 heterocycles. The van der Waals surface area contributed by atoms with Crippen LogP contribution >= 0.6 is 0 Å². The number of aromatic nitrogens is 3. The van der Waals surface area contributed by atoms with E-state index in [-0.39, 0.29) is 17.8 Å². The second-order valence-corrected chi connectivity index (χ2v) is 7.73. The van der Waals surface area contributed by atoms with Gasteiger partial charge in [-0.3, -0.25) is 19.3 Å². The van der Waals surface area contributed by atoms with Crippen molar-refractivity contribution in [2.45, 2.75) is 6.42 Å². The van der Waals surface area contributed by atoms with Gasteiger partial charge in [0.2, 0.25) is 5.91 Å². The first kappa shape index (κ1) is 19.6. The normalized spacial score (nSPS) is 11.0. The fourth-order valence-corrected chi connectivity index (χ4v) is 3.80. The fourth-order valence-electron chi connectivity index (χ4n) is 3.80. The smallest absolute Gasteiger partial charge is 0.228 e. The second kappa shape index (κ2) is 8.07. The van der Waals surface area contributed by atoms with E-state index in [1.165, 1.54) is 0 Å². The maximum absolute atomic E-state index is 13.4. The molecule has 5 aromatic rings. The van der Waals surface area contributed by atoms with Gasteiger partial charge in [0, 0.05) is 47.0 Å². The molecule has 5 rings (SSSR count). The van der Waals surface area contributed by atoms with Crippen LogP contribution in [0.5, 0.6) is 0 Å². The van der Waals surface area contributed by atoms with Crippen molar-refractivity contribution >= 4 is 33.3 Å². The third-order valence-electron chi connectivity index (χ3n) is 5.41. The quantitative estimate of drug-likeness (QED) is 0.470. The highest BCUT2D eigenvalue weighted by Crippen LogP contribution is 2.22. The van der Waals surface area contributed by atoms with Gasteiger partial charge in [-0.25, -0.2) is 0 Å². The Kier molecular flexibility index (Phi) is 4.95. The van der Waals surface area contributed by atoms with Crippen molar-refractivity contribution in [3.05, 3.63) is 101 Å². The van der Waals surface area contributed by atoms with Gasteiger partial charge in [0.15, 0.2) is 5.43 Å². The molecule has 0 aliphatic carbocycles. The van der Waals surface area contributed by atoms with Gasteiger partial charge in [-0.2, -0.15) is 5.10 Å². The Morgan fingerprint density at radius 1 is 0.938 bits per heavy atom. The molecule has 32 heavy (non-hydrogen) atoms. The number of amides is 1. The lowest BCUT2D eigenvalue weighted by Crippen LogP contribution is -2.14. The molecule has 3 aromatic carbocycles. The van der Waals surface area contributed by atoms with Crippen molar-refractivity contribution in [3.63, 3.8) is 0 Å². The van der Waals surface area contributed by atoms with E-state index >= 15 is 0 Å². The summed E-state index contributed by atoms with van der Waals surface area (Å²) in [6.07, 6.45) is 5.57. The third kappa shape index (κ3) is 3.86. The number of para-hydroxylation sites is 1. The standard InChI is InChI=1S/C26H20N4O2/c1-30-16-20(15-28-30)19-13-23-24(27-14-19)10-9-18-8-7-17(11-22(18)26(23)32)12-25(31)29-21-5-3-2-4-6-21/h2-11,13-16H,12H2,1H3,(H,29,31). The highest BCUT2D eigenvalue weighted by Gasteiger charge is 2.10. The van der Waals surface area contributed by atoms with Crippen molar-refractivity contribution < 1.29 is 4.79 Å². The van der Waals surface area contributed by atoms with Crippen LogP contribution in [-0.4, -0.2) is 20.7 Å². The Balaban J connectivity index is 1.55. The molecule has 0 spiro atoms. The predicted molar refractivity (Wildman–Crippen MR) is 126 cm³/mol. The first-order chi connectivity index (χ1) is 15.6. The third-order valence-corrected chi connectivity index (χ3v) is 5.41. The van der Waals surface area contributed by atoms with Crippen LogP contribution in [0.1, 0.15) is 5.56 Å². The van der Waals surface area contributed by atoms with Gasteiger partial charge >= 0.3 is 0 Å². The molecule has 0 saturated heterocycles. The zero-order valence-electron chi connectivity index (χ0n) is 17.4. The number of carbonyl (C=O) groups excluding carboxylic acids is 1. The Morgan fingerprint density at radius 2 is 1.75 bits per heavy atom. The molecule has 6 nitrogen and oxygen atoms in total. The summed E-state index contributed by atoms with van der Waals surface area (Å²) in [7, 11) is 1.85. The molecule has 0 aliphatic rings. The van der Waals surface area contributed by atoms with Crippen LogP contribution in [0.3, 0.4) is 0 Å². The summed E-state index contributed by atoms with van der Waals surface area (Å²) in [6.45, 7) is 0. The van der Waals surface area contributed by atoms with Gasteiger partial charge in [-0.05, 0) is 41.3 Å². The van der Waals surface area contributed by atoms with Crippen LogP contribution in [-0.2, 0) is 18.3 Å². The van der Waals surface area contributed by atoms with Gasteiger partial charge in [-0.15, -0.1) is 0 Å². The number of nitrogens with one attached hydrogen (secondary N) is 1. The number of nitrogens with zero attached hydrogens (tertiary/aromatic N) is 3. The largest absolute Gasteiger partial charge is 0.326 e. The molecule has 0 bridgehead atoms. The van der Waals surface area contributed by atoms with Gasteiger partial charge in [0.05, 0.1) is 18.1 Å². The van der Waals surface area contributed by atoms with E-state index in [2.05, 4.69) is 15.4 Å². The zero-order valence-corrected chi connectivity index (χ0v) is 17.4. The molecular formula is C26H20N4O2. The molecule has 156 valence electrons. The molecule has 0 radical (unpaired) electrons. The molecule has 6 heteroatoms. The molecule has 0 atom stereocenters. The van der Waals surface area contributed by atoms with E-state index in [9.17, 15) is 9.59 Å². The zero-order chi connectivity index (χ0) is 22.1. The molecule has 1 amide bonds. The molecule has 1 N–H and O–H groups in total.